The van der Waals surface area contributed by atoms with E-state index >= 15 is 0 Å². The van der Waals surface area contributed by atoms with Gasteiger partial charge in [0.1, 0.15) is 17.7 Å². The third kappa shape index (κ3) is 3.55. The highest BCUT2D eigenvalue weighted by Crippen LogP contribution is 2.21. The predicted octanol–water partition coefficient (Wildman–Crippen LogP) is 3.26. The quantitative estimate of drug-likeness (QED) is 0.582. The topological polar surface area (TPSA) is 64.7 Å². The molecule has 1 amide bonds. The molecular formula is C21H18FN5O. The molecule has 0 saturated carbocycles. The van der Waals surface area contributed by atoms with Gasteiger partial charge in [-0.15, -0.1) is 0 Å². The van der Waals surface area contributed by atoms with Crippen LogP contribution in [0.1, 0.15) is 27.8 Å². The maximum absolute atomic E-state index is 13.3. The lowest BCUT2D eigenvalue weighted by Crippen LogP contribution is -2.31. The van der Waals surface area contributed by atoms with E-state index in [9.17, 15) is 9.18 Å². The summed E-state index contributed by atoms with van der Waals surface area (Å²) in [6.07, 6.45) is 6.64. The average molecular weight is 375 g/mol. The number of halogens is 1. The number of nitrogens with one attached hydrogen (secondary N) is 1. The predicted molar refractivity (Wildman–Crippen MR) is 102 cm³/mol. The molecule has 0 saturated heterocycles. The van der Waals surface area contributed by atoms with Gasteiger partial charge in [0.15, 0.2) is 0 Å². The Morgan fingerprint density at radius 2 is 1.86 bits per heavy atom. The summed E-state index contributed by atoms with van der Waals surface area (Å²) >= 11 is 0. The minimum absolute atomic E-state index is 0.292. The molecule has 2 heterocycles. The molecule has 0 bridgehead atoms. The first-order chi connectivity index (χ1) is 13.6. The van der Waals surface area contributed by atoms with Gasteiger partial charge in [0.2, 0.25) is 0 Å². The van der Waals surface area contributed by atoms with Crippen molar-refractivity contribution in [3.63, 3.8) is 0 Å². The van der Waals surface area contributed by atoms with Crippen molar-refractivity contribution in [3.8, 4) is 5.69 Å². The maximum Gasteiger partial charge on any atom is 0.255 e. The van der Waals surface area contributed by atoms with Crippen molar-refractivity contribution in [2.75, 3.05) is 0 Å². The average Bonchev–Trinajstić information content (AvgIpc) is 3.37. The highest BCUT2D eigenvalue weighted by molar-refractivity contribution is 5.94. The highest BCUT2D eigenvalue weighted by atomic mass is 19.1. The second kappa shape index (κ2) is 7.48. The number of hydrogen-bond donors (Lipinski definition) is 1. The molecule has 0 fully saturated rings. The SMILES string of the molecule is Cn1ccnc1[C@@H](NC(=O)c1cnn(-c2ccccc2)c1)c1ccc(F)cc1. The molecule has 0 radical (unpaired) electrons. The zero-order valence-electron chi connectivity index (χ0n) is 15.2. The highest BCUT2D eigenvalue weighted by Gasteiger charge is 2.22. The Bertz CT molecular complexity index is 1090. The van der Waals surface area contributed by atoms with Gasteiger partial charge in [0.05, 0.1) is 17.4 Å². The Morgan fingerprint density at radius 1 is 1.11 bits per heavy atom. The summed E-state index contributed by atoms with van der Waals surface area (Å²) in [5.74, 6) is 0.0210. The molecular weight excluding hydrogens is 357 g/mol. The lowest BCUT2D eigenvalue weighted by Gasteiger charge is -2.18. The van der Waals surface area contributed by atoms with Crippen LogP contribution in [0.5, 0.6) is 0 Å². The van der Waals surface area contributed by atoms with E-state index in [0.29, 0.717) is 11.4 Å². The summed E-state index contributed by atoms with van der Waals surface area (Å²) in [5.41, 5.74) is 2.02. The summed E-state index contributed by atoms with van der Waals surface area (Å²) in [7, 11) is 1.85. The second-order valence-corrected chi connectivity index (χ2v) is 6.36. The molecule has 28 heavy (non-hydrogen) atoms. The number of rotatable bonds is 5. The van der Waals surface area contributed by atoms with Gasteiger partial charge in [-0.25, -0.2) is 14.1 Å². The van der Waals surface area contributed by atoms with Crippen LogP contribution in [-0.2, 0) is 7.05 Å². The Balaban J connectivity index is 1.62. The number of carbonyl (C=O) groups is 1. The lowest BCUT2D eigenvalue weighted by molar-refractivity contribution is 0.0941. The third-order valence-electron chi connectivity index (χ3n) is 4.46. The molecule has 1 N–H and O–H groups in total. The van der Waals surface area contributed by atoms with E-state index in [4.69, 9.17) is 0 Å². The van der Waals surface area contributed by atoms with Crippen LogP contribution in [0, 0.1) is 5.82 Å². The van der Waals surface area contributed by atoms with Crippen molar-refractivity contribution in [1.82, 2.24) is 24.6 Å². The number of amides is 1. The summed E-state index contributed by atoms with van der Waals surface area (Å²) in [5, 5.41) is 7.24. The number of benzene rings is 2. The lowest BCUT2D eigenvalue weighted by atomic mass is 10.1. The number of aryl methyl sites for hydroxylation is 1. The summed E-state index contributed by atoms with van der Waals surface area (Å²) in [4.78, 5) is 17.2. The molecule has 0 aliphatic rings. The van der Waals surface area contributed by atoms with Crippen LogP contribution < -0.4 is 5.32 Å². The zero-order chi connectivity index (χ0) is 19.5. The van der Waals surface area contributed by atoms with Crippen LogP contribution in [-0.4, -0.2) is 25.2 Å². The Kier molecular flexibility index (Phi) is 4.72. The van der Waals surface area contributed by atoms with Crippen LogP contribution in [0.25, 0.3) is 5.69 Å². The van der Waals surface area contributed by atoms with Gasteiger partial charge < -0.3 is 9.88 Å². The van der Waals surface area contributed by atoms with Gasteiger partial charge in [-0.1, -0.05) is 30.3 Å². The summed E-state index contributed by atoms with van der Waals surface area (Å²) in [6.45, 7) is 0. The van der Waals surface area contributed by atoms with Gasteiger partial charge >= 0.3 is 0 Å². The first kappa shape index (κ1) is 17.7. The smallest absolute Gasteiger partial charge is 0.255 e. The normalized spacial score (nSPS) is 11.9. The molecule has 0 aliphatic carbocycles. The van der Waals surface area contributed by atoms with E-state index in [-0.39, 0.29) is 11.7 Å². The molecule has 0 unspecified atom stereocenters. The number of aromatic nitrogens is 4. The van der Waals surface area contributed by atoms with Crippen LogP contribution in [0.15, 0.2) is 79.4 Å². The van der Waals surface area contributed by atoms with Gasteiger partial charge in [-0.2, -0.15) is 5.10 Å². The molecule has 1 atom stereocenters. The Morgan fingerprint density at radius 3 is 2.54 bits per heavy atom. The van der Waals surface area contributed by atoms with Crippen LogP contribution in [0.4, 0.5) is 4.39 Å². The summed E-state index contributed by atoms with van der Waals surface area (Å²) < 4.78 is 16.8. The van der Waals surface area contributed by atoms with E-state index < -0.39 is 6.04 Å². The van der Waals surface area contributed by atoms with Crippen molar-refractivity contribution in [3.05, 3.63) is 102 Å². The number of para-hydroxylation sites is 1. The number of carbonyl (C=O) groups excluding carboxylic acids is 1. The molecule has 4 aromatic rings. The number of imidazole rings is 1. The van der Waals surface area contributed by atoms with Crippen molar-refractivity contribution in [2.45, 2.75) is 6.04 Å². The number of hydrogen-bond acceptors (Lipinski definition) is 3. The van der Waals surface area contributed by atoms with Gasteiger partial charge in [0, 0.05) is 25.6 Å². The molecule has 4 rings (SSSR count). The van der Waals surface area contributed by atoms with Crippen molar-refractivity contribution >= 4 is 5.91 Å². The van der Waals surface area contributed by atoms with Gasteiger partial charge in [-0.05, 0) is 29.8 Å². The molecule has 0 aliphatic heterocycles. The maximum atomic E-state index is 13.3. The van der Waals surface area contributed by atoms with Crippen LogP contribution in [0.3, 0.4) is 0 Å². The largest absolute Gasteiger partial charge is 0.338 e. The van der Waals surface area contributed by atoms with E-state index in [1.54, 1.807) is 35.4 Å². The van der Waals surface area contributed by atoms with Crippen molar-refractivity contribution in [1.29, 1.82) is 0 Å². The van der Waals surface area contributed by atoms with Gasteiger partial charge in [-0.3, -0.25) is 4.79 Å². The minimum atomic E-state index is -0.520. The van der Waals surface area contributed by atoms with Crippen LogP contribution in [0.2, 0.25) is 0 Å². The standard InChI is InChI=1S/C21H18FN5O/c1-26-12-11-23-20(26)19(15-7-9-17(22)10-8-15)25-21(28)16-13-24-27(14-16)18-5-3-2-4-6-18/h2-14,19H,1H3,(H,25,28)/t19-/m0/s1. The fraction of sp³-hybridized carbons (Fsp3) is 0.0952. The Hall–Kier alpha value is -3.74. The fourth-order valence-corrected chi connectivity index (χ4v) is 2.98. The molecule has 7 heteroatoms. The molecule has 140 valence electrons. The van der Waals surface area contributed by atoms with Crippen molar-refractivity contribution in [2.24, 2.45) is 7.05 Å². The number of nitrogens with zero attached hydrogens (tertiary/aromatic N) is 4. The second-order valence-electron chi connectivity index (χ2n) is 6.36. The third-order valence-corrected chi connectivity index (χ3v) is 4.46. The minimum Gasteiger partial charge on any atom is -0.338 e. The van der Waals surface area contributed by atoms with E-state index in [1.165, 1.54) is 18.3 Å². The van der Waals surface area contributed by atoms with E-state index in [1.807, 2.05) is 41.9 Å². The van der Waals surface area contributed by atoms with E-state index in [2.05, 4.69) is 15.4 Å². The van der Waals surface area contributed by atoms with Crippen LogP contribution >= 0.6 is 0 Å². The monoisotopic (exact) mass is 375 g/mol. The molecule has 0 spiro atoms. The van der Waals surface area contributed by atoms with Gasteiger partial charge in [0.25, 0.3) is 5.91 Å². The fourth-order valence-electron chi connectivity index (χ4n) is 2.98. The summed E-state index contributed by atoms with van der Waals surface area (Å²) in [6, 6.07) is 15.0. The van der Waals surface area contributed by atoms with E-state index in [0.717, 1.165) is 11.3 Å². The molecule has 2 aromatic heterocycles. The van der Waals surface area contributed by atoms with Crippen molar-refractivity contribution < 1.29 is 9.18 Å². The molecule has 6 nitrogen and oxygen atoms in total. The first-order valence-corrected chi connectivity index (χ1v) is 8.75. The first-order valence-electron chi connectivity index (χ1n) is 8.75. The molecule has 2 aromatic carbocycles. The Labute approximate surface area is 161 Å². The zero-order valence-corrected chi connectivity index (χ0v) is 15.2.